The maximum Gasteiger partial charge on any atom is 0.270 e. The highest BCUT2D eigenvalue weighted by atomic mass is 16.6. The number of carbonyl (C=O) groups is 2. The zero-order valence-corrected chi connectivity index (χ0v) is 12.5. The molecule has 124 valence electrons. The quantitative estimate of drug-likeness (QED) is 0.419. The van der Waals surface area contributed by atoms with Crippen molar-refractivity contribution in [3.8, 4) is 0 Å². The van der Waals surface area contributed by atoms with Crippen molar-refractivity contribution in [2.45, 2.75) is 0 Å². The molecule has 0 atom stereocenters. The molecule has 2 amide bonds. The number of anilines is 1. The first-order valence-corrected chi connectivity index (χ1v) is 7.18. The number of nitro groups is 1. The van der Waals surface area contributed by atoms with E-state index in [1.165, 1.54) is 12.1 Å². The van der Waals surface area contributed by atoms with Crippen LogP contribution in [0.1, 0.15) is 10.4 Å². The fourth-order valence-corrected chi connectivity index (χ4v) is 2.29. The molecule has 0 unspecified atom stereocenters. The number of imide groups is 1. The maximum absolute atomic E-state index is 11.9. The van der Waals surface area contributed by atoms with E-state index in [4.69, 9.17) is 4.74 Å². The van der Waals surface area contributed by atoms with Crippen LogP contribution < -0.4 is 10.6 Å². The highest BCUT2D eigenvalue weighted by molar-refractivity contribution is 6.04. The molecule has 1 heterocycles. The lowest BCUT2D eigenvalue weighted by atomic mass is 10.1. The molecule has 0 bridgehead atoms. The van der Waals surface area contributed by atoms with Gasteiger partial charge in [-0.25, -0.2) is 0 Å². The second-order valence-electron chi connectivity index (χ2n) is 4.96. The number of nitrogens with one attached hydrogen (secondary N) is 2. The van der Waals surface area contributed by atoms with E-state index >= 15 is 0 Å². The number of amides is 2. The lowest BCUT2D eigenvalue weighted by Crippen LogP contribution is -2.39. The molecule has 1 aromatic carbocycles. The van der Waals surface area contributed by atoms with Crippen molar-refractivity contribution in [1.29, 1.82) is 0 Å². The van der Waals surface area contributed by atoms with E-state index in [1.54, 1.807) is 0 Å². The SMILES string of the molecule is O=CNC(=O)c1cc([N+](=O)[O-])ccc1NCCN1CCOCC1. The first-order chi connectivity index (χ1) is 11.1. The third-order valence-corrected chi connectivity index (χ3v) is 3.50. The Hall–Kier alpha value is -2.52. The minimum Gasteiger partial charge on any atom is -0.383 e. The van der Waals surface area contributed by atoms with E-state index in [2.05, 4.69) is 10.2 Å². The van der Waals surface area contributed by atoms with Gasteiger partial charge in [0.15, 0.2) is 0 Å². The van der Waals surface area contributed by atoms with Crippen molar-refractivity contribution >= 4 is 23.7 Å². The van der Waals surface area contributed by atoms with Crippen molar-refractivity contribution < 1.29 is 19.2 Å². The average Bonchev–Trinajstić information content (AvgIpc) is 2.56. The van der Waals surface area contributed by atoms with Crippen LogP contribution >= 0.6 is 0 Å². The number of benzene rings is 1. The molecule has 2 N–H and O–H groups in total. The van der Waals surface area contributed by atoms with E-state index in [-0.39, 0.29) is 17.7 Å². The van der Waals surface area contributed by atoms with Crippen LogP contribution in [0.3, 0.4) is 0 Å². The predicted octanol–water partition coefficient (Wildman–Crippen LogP) is 0.225. The summed E-state index contributed by atoms with van der Waals surface area (Å²) in [7, 11) is 0. The number of nitro benzene ring substituents is 1. The summed E-state index contributed by atoms with van der Waals surface area (Å²) in [5.41, 5.74) is 0.302. The summed E-state index contributed by atoms with van der Waals surface area (Å²) in [6.07, 6.45) is 0.249. The molecule has 1 aliphatic heterocycles. The number of carbonyl (C=O) groups excluding carboxylic acids is 2. The minimum atomic E-state index is -0.683. The van der Waals surface area contributed by atoms with Gasteiger partial charge in [0.1, 0.15) is 0 Å². The van der Waals surface area contributed by atoms with Gasteiger partial charge in [0.05, 0.1) is 23.7 Å². The number of hydrogen-bond acceptors (Lipinski definition) is 7. The molecule has 1 saturated heterocycles. The fourth-order valence-electron chi connectivity index (χ4n) is 2.29. The van der Waals surface area contributed by atoms with E-state index in [1.807, 2.05) is 5.32 Å². The van der Waals surface area contributed by atoms with E-state index in [0.29, 0.717) is 25.4 Å². The number of non-ortho nitro benzene ring substituents is 1. The molecular formula is C14H18N4O5. The summed E-state index contributed by atoms with van der Waals surface area (Å²) in [5.74, 6) is -0.683. The maximum atomic E-state index is 11.9. The van der Waals surface area contributed by atoms with Gasteiger partial charge in [-0.05, 0) is 6.07 Å². The molecule has 9 nitrogen and oxygen atoms in total. The van der Waals surface area contributed by atoms with Gasteiger partial charge in [-0.15, -0.1) is 0 Å². The fraction of sp³-hybridized carbons (Fsp3) is 0.429. The summed E-state index contributed by atoms with van der Waals surface area (Å²) < 4.78 is 5.27. The zero-order valence-electron chi connectivity index (χ0n) is 12.5. The van der Waals surface area contributed by atoms with Gasteiger partial charge in [-0.1, -0.05) is 0 Å². The number of nitrogens with zero attached hydrogens (tertiary/aromatic N) is 2. The third-order valence-electron chi connectivity index (χ3n) is 3.50. The van der Waals surface area contributed by atoms with Crippen LogP contribution in [0, 0.1) is 10.1 Å². The Morgan fingerprint density at radius 3 is 2.78 bits per heavy atom. The first kappa shape index (κ1) is 16.8. The van der Waals surface area contributed by atoms with Crippen LogP contribution in [0.2, 0.25) is 0 Å². The smallest absolute Gasteiger partial charge is 0.270 e. The Morgan fingerprint density at radius 1 is 1.39 bits per heavy atom. The summed E-state index contributed by atoms with van der Waals surface area (Å²) in [6.45, 7) is 4.42. The van der Waals surface area contributed by atoms with Crippen LogP contribution in [-0.4, -0.2) is 61.5 Å². The molecule has 2 rings (SSSR count). The summed E-state index contributed by atoms with van der Waals surface area (Å²) in [4.78, 5) is 34.8. The predicted molar refractivity (Wildman–Crippen MR) is 82.4 cm³/mol. The molecule has 0 aromatic heterocycles. The number of rotatable bonds is 7. The summed E-state index contributed by atoms with van der Waals surface area (Å²) >= 11 is 0. The van der Waals surface area contributed by atoms with Gasteiger partial charge < -0.3 is 10.1 Å². The zero-order chi connectivity index (χ0) is 16.7. The van der Waals surface area contributed by atoms with Crippen LogP contribution in [0.5, 0.6) is 0 Å². The third kappa shape index (κ3) is 4.73. The highest BCUT2D eigenvalue weighted by Gasteiger charge is 2.17. The minimum absolute atomic E-state index is 0.0632. The van der Waals surface area contributed by atoms with Crippen LogP contribution in [0.15, 0.2) is 18.2 Å². The van der Waals surface area contributed by atoms with E-state index in [0.717, 1.165) is 25.7 Å². The van der Waals surface area contributed by atoms with Gasteiger partial charge in [-0.2, -0.15) is 0 Å². The molecule has 23 heavy (non-hydrogen) atoms. The van der Waals surface area contributed by atoms with Gasteiger partial charge >= 0.3 is 0 Å². The Bertz CT molecular complexity index is 587. The summed E-state index contributed by atoms with van der Waals surface area (Å²) in [5, 5.41) is 15.9. The lowest BCUT2D eigenvalue weighted by Gasteiger charge is -2.26. The Morgan fingerprint density at radius 2 is 2.13 bits per heavy atom. The van der Waals surface area contributed by atoms with Crippen LogP contribution in [-0.2, 0) is 9.53 Å². The molecule has 9 heteroatoms. The molecule has 0 saturated carbocycles. The Labute approximate surface area is 132 Å². The Kier molecular flexibility index (Phi) is 6.01. The van der Waals surface area contributed by atoms with Gasteiger partial charge in [0.2, 0.25) is 6.41 Å². The standard InChI is InChI=1S/C14H18N4O5/c19-10-16-14(20)12-9-11(18(21)22)1-2-13(12)15-3-4-17-5-7-23-8-6-17/h1-2,9-10,15H,3-8H2,(H,16,19,20). The van der Waals surface area contributed by atoms with Gasteiger partial charge in [0, 0.05) is 44.0 Å². The molecule has 1 aliphatic rings. The molecular weight excluding hydrogens is 304 g/mol. The monoisotopic (exact) mass is 322 g/mol. The largest absolute Gasteiger partial charge is 0.383 e. The highest BCUT2D eigenvalue weighted by Crippen LogP contribution is 2.22. The number of hydrogen-bond donors (Lipinski definition) is 2. The average molecular weight is 322 g/mol. The summed E-state index contributed by atoms with van der Waals surface area (Å²) in [6, 6.07) is 3.93. The molecule has 1 aromatic rings. The van der Waals surface area contributed by atoms with Crippen molar-refractivity contribution in [1.82, 2.24) is 10.2 Å². The second kappa shape index (κ2) is 8.20. The van der Waals surface area contributed by atoms with Crippen molar-refractivity contribution in [2.75, 3.05) is 44.7 Å². The second-order valence-corrected chi connectivity index (χ2v) is 4.96. The molecule has 0 radical (unpaired) electrons. The first-order valence-electron chi connectivity index (χ1n) is 7.18. The number of ether oxygens (including phenoxy) is 1. The lowest BCUT2D eigenvalue weighted by molar-refractivity contribution is -0.384. The van der Waals surface area contributed by atoms with Crippen molar-refractivity contribution in [3.05, 3.63) is 33.9 Å². The Balaban J connectivity index is 2.04. The molecule has 0 spiro atoms. The topological polar surface area (TPSA) is 114 Å². The van der Waals surface area contributed by atoms with Crippen LogP contribution in [0.25, 0.3) is 0 Å². The molecule has 0 aliphatic carbocycles. The van der Waals surface area contributed by atoms with Gasteiger partial charge in [-0.3, -0.25) is 29.9 Å². The van der Waals surface area contributed by atoms with E-state index in [9.17, 15) is 19.7 Å². The number of morpholine rings is 1. The van der Waals surface area contributed by atoms with Crippen molar-refractivity contribution in [2.24, 2.45) is 0 Å². The van der Waals surface area contributed by atoms with Crippen LogP contribution in [0.4, 0.5) is 11.4 Å². The molecule has 1 fully saturated rings. The normalized spacial score (nSPS) is 15.0. The van der Waals surface area contributed by atoms with E-state index < -0.39 is 10.8 Å². The van der Waals surface area contributed by atoms with Gasteiger partial charge in [0.25, 0.3) is 11.6 Å². The van der Waals surface area contributed by atoms with Crippen molar-refractivity contribution in [3.63, 3.8) is 0 Å².